The first-order chi connectivity index (χ1) is 8.41. The molecule has 0 atom stereocenters. The Hall–Kier alpha value is -1.63. The van der Waals surface area contributed by atoms with E-state index in [4.69, 9.17) is 4.74 Å². The molecule has 1 aliphatic rings. The topological polar surface area (TPSA) is 42.4 Å². The largest absolute Gasteiger partial charge is 0.471 e. The summed E-state index contributed by atoms with van der Waals surface area (Å²) >= 11 is 0. The number of nitrogens with zero attached hydrogens (tertiary/aromatic N) is 2. The second kappa shape index (κ2) is 4.56. The molecule has 1 aromatic rings. The first-order valence-corrected chi connectivity index (χ1v) is 5.24. The summed E-state index contributed by atoms with van der Waals surface area (Å²) in [4.78, 5) is 16.0. The summed E-state index contributed by atoms with van der Waals surface area (Å²) in [5, 5.41) is 0. The van der Waals surface area contributed by atoms with E-state index in [2.05, 4.69) is 4.98 Å². The fourth-order valence-corrected chi connectivity index (χ4v) is 1.85. The molecule has 0 unspecified atom stereocenters. The quantitative estimate of drug-likeness (QED) is 0.811. The standard InChI is InChI=1S/C11H11F3N2O2/c1-18-6-8-3-2-7-4-16(5-9(7)15-8)10(17)11(12,13)14/h2-3H,4-6H2,1H3. The Morgan fingerprint density at radius 3 is 2.78 bits per heavy atom. The average Bonchev–Trinajstić information content (AvgIpc) is 2.70. The third-order valence-corrected chi connectivity index (χ3v) is 2.65. The van der Waals surface area contributed by atoms with Crippen LogP contribution in [0, 0.1) is 0 Å². The summed E-state index contributed by atoms with van der Waals surface area (Å²) in [7, 11) is 1.51. The van der Waals surface area contributed by atoms with Crippen molar-refractivity contribution in [3.05, 3.63) is 29.1 Å². The number of carbonyl (C=O) groups is 1. The number of methoxy groups -OCH3 is 1. The van der Waals surface area contributed by atoms with Crippen LogP contribution in [0.2, 0.25) is 0 Å². The van der Waals surface area contributed by atoms with Gasteiger partial charge in [-0.15, -0.1) is 0 Å². The van der Waals surface area contributed by atoms with Crippen LogP contribution in [0.1, 0.15) is 17.0 Å². The SMILES string of the molecule is COCc1ccc2c(n1)CN(C(=O)C(F)(F)F)C2. The molecule has 18 heavy (non-hydrogen) atoms. The smallest absolute Gasteiger partial charge is 0.378 e. The molecule has 0 aromatic carbocycles. The van der Waals surface area contributed by atoms with Crippen molar-refractivity contribution in [2.75, 3.05) is 7.11 Å². The second-order valence-corrected chi connectivity index (χ2v) is 4.00. The van der Waals surface area contributed by atoms with Crippen molar-refractivity contribution in [3.8, 4) is 0 Å². The van der Waals surface area contributed by atoms with Crippen LogP contribution in [0.15, 0.2) is 12.1 Å². The lowest BCUT2D eigenvalue weighted by molar-refractivity contribution is -0.186. The summed E-state index contributed by atoms with van der Waals surface area (Å²) in [6.45, 7) is 0.139. The van der Waals surface area contributed by atoms with E-state index in [1.807, 2.05) is 0 Å². The third kappa shape index (κ3) is 2.45. The molecule has 2 heterocycles. The molecule has 0 saturated heterocycles. The molecule has 0 N–H and O–H groups in total. The molecule has 2 rings (SSSR count). The van der Waals surface area contributed by atoms with Gasteiger partial charge in [0.25, 0.3) is 0 Å². The molecule has 0 spiro atoms. The van der Waals surface area contributed by atoms with Crippen LogP contribution in [-0.2, 0) is 29.2 Å². The zero-order chi connectivity index (χ0) is 13.3. The first-order valence-electron chi connectivity index (χ1n) is 5.24. The summed E-state index contributed by atoms with van der Waals surface area (Å²) < 4.78 is 41.8. The van der Waals surface area contributed by atoms with E-state index in [-0.39, 0.29) is 13.1 Å². The summed E-state index contributed by atoms with van der Waals surface area (Å²) in [5.74, 6) is -1.83. The van der Waals surface area contributed by atoms with E-state index in [1.165, 1.54) is 7.11 Å². The van der Waals surface area contributed by atoms with Crippen LogP contribution in [0.25, 0.3) is 0 Å². The van der Waals surface area contributed by atoms with Crippen molar-refractivity contribution in [2.45, 2.75) is 25.9 Å². The Morgan fingerprint density at radius 1 is 1.44 bits per heavy atom. The molecule has 98 valence electrons. The Bertz CT molecular complexity index is 474. The molecule has 0 bridgehead atoms. The molecule has 4 nitrogen and oxygen atoms in total. The highest BCUT2D eigenvalue weighted by atomic mass is 19.4. The van der Waals surface area contributed by atoms with Gasteiger partial charge in [0.2, 0.25) is 0 Å². The molecule has 1 amide bonds. The number of carbonyl (C=O) groups excluding carboxylic acids is 1. The van der Waals surface area contributed by atoms with Gasteiger partial charge in [0.1, 0.15) is 0 Å². The lowest BCUT2D eigenvalue weighted by Crippen LogP contribution is -2.37. The molecule has 0 saturated carbocycles. The van der Waals surface area contributed by atoms with Crippen LogP contribution in [0.5, 0.6) is 0 Å². The monoisotopic (exact) mass is 260 g/mol. The van der Waals surface area contributed by atoms with Gasteiger partial charge in [0.15, 0.2) is 0 Å². The summed E-state index contributed by atoms with van der Waals surface area (Å²) in [6.07, 6.45) is -4.84. The number of alkyl halides is 3. The van der Waals surface area contributed by atoms with Gasteiger partial charge in [-0.25, -0.2) is 0 Å². The molecule has 7 heteroatoms. The first kappa shape index (κ1) is 12.8. The summed E-state index contributed by atoms with van der Waals surface area (Å²) in [6, 6.07) is 3.37. The number of rotatable bonds is 2. The number of amides is 1. The molecule has 1 aliphatic heterocycles. The van der Waals surface area contributed by atoms with E-state index in [0.717, 1.165) is 4.90 Å². The predicted molar refractivity (Wildman–Crippen MR) is 55.3 cm³/mol. The van der Waals surface area contributed by atoms with Crippen molar-refractivity contribution in [1.82, 2.24) is 9.88 Å². The van der Waals surface area contributed by atoms with Gasteiger partial charge in [0, 0.05) is 13.7 Å². The van der Waals surface area contributed by atoms with Crippen molar-refractivity contribution >= 4 is 5.91 Å². The third-order valence-electron chi connectivity index (χ3n) is 2.65. The number of hydrogen-bond acceptors (Lipinski definition) is 3. The van der Waals surface area contributed by atoms with Crippen LogP contribution in [-0.4, -0.2) is 29.1 Å². The van der Waals surface area contributed by atoms with Crippen LogP contribution < -0.4 is 0 Å². The molecule has 0 fully saturated rings. The van der Waals surface area contributed by atoms with E-state index in [9.17, 15) is 18.0 Å². The van der Waals surface area contributed by atoms with Crippen molar-refractivity contribution < 1.29 is 22.7 Å². The maximum atomic E-state index is 12.3. The van der Waals surface area contributed by atoms with Gasteiger partial charge in [-0.3, -0.25) is 9.78 Å². The summed E-state index contributed by atoms with van der Waals surface area (Å²) in [5.41, 5.74) is 1.78. The van der Waals surface area contributed by atoms with Crippen molar-refractivity contribution in [1.29, 1.82) is 0 Å². The number of aromatic nitrogens is 1. The Labute approximate surface area is 101 Å². The zero-order valence-corrected chi connectivity index (χ0v) is 9.62. The Balaban J connectivity index is 2.15. The van der Waals surface area contributed by atoms with Crippen molar-refractivity contribution in [3.63, 3.8) is 0 Å². The second-order valence-electron chi connectivity index (χ2n) is 4.00. The minimum absolute atomic E-state index is 0.0477. The van der Waals surface area contributed by atoms with Gasteiger partial charge in [-0.2, -0.15) is 13.2 Å². The number of hydrogen-bond donors (Lipinski definition) is 0. The van der Waals surface area contributed by atoms with E-state index in [0.29, 0.717) is 23.6 Å². The molecule has 0 aliphatic carbocycles. The Morgan fingerprint density at radius 2 is 2.17 bits per heavy atom. The fraction of sp³-hybridized carbons (Fsp3) is 0.455. The van der Waals surface area contributed by atoms with Gasteiger partial charge in [0.05, 0.1) is 24.5 Å². The van der Waals surface area contributed by atoms with Gasteiger partial charge in [-0.1, -0.05) is 6.07 Å². The van der Waals surface area contributed by atoms with Crippen LogP contribution in [0.3, 0.4) is 0 Å². The van der Waals surface area contributed by atoms with Gasteiger partial charge in [-0.05, 0) is 11.6 Å². The normalized spacial score (nSPS) is 14.8. The minimum Gasteiger partial charge on any atom is -0.378 e. The number of ether oxygens (including phenoxy) is 1. The van der Waals surface area contributed by atoms with E-state index in [1.54, 1.807) is 12.1 Å². The average molecular weight is 260 g/mol. The molecule has 0 radical (unpaired) electrons. The van der Waals surface area contributed by atoms with Gasteiger partial charge >= 0.3 is 12.1 Å². The highest BCUT2D eigenvalue weighted by Crippen LogP contribution is 2.27. The molecular weight excluding hydrogens is 249 g/mol. The van der Waals surface area contributed by atoms with E-state index >= 15 is 0 Å². The number of fused-ring (bicyclic) bond motifs is 1. The highest BCUT2D eigenvalue weighted by Gasteiger charge is 2.44. The van der Waals surface area contributed by atoms with E-state index < -0.39 is 12.1 Å². The lowest BCUT2D eigenvalue weighted by atomic mass is 10.2. The minimum atomic E-state index is -4.84. The Kier molecular flexibility index (Phi) is 3.25. The fourth-order valence-electron chi connectivity index (χ4n) is 1.85. The zero-order valence-electron chi connectivity index (χ0n) is 9.62. The van der Waals surface area contributed by atoms with Crippen LogP contribution >= 0.6 is 0 Å². The maximum absolute atomic E-state index is 12.3. The highest BCUT2D eigenvalue weighted by molar-refractivity contribution is 5.82. The maximum Gasteiger partial charge on any atom is 0.471 e. The van der Waals surface area contributed by atoms with Gasteiger partial charge < -0.3 is 9.64 Å². The number of pyridine rings is 1. The molecular formula is C11H11F3N2O2. The van der Waals surface area contributed by atoms with Crippen LogP contribution in [0.4, 0.5) is 13.2 Å². The predicted octanol–water partition coefficient (Wildman–Crippen LogP) is 1.63. The molecule has 1 aromatic heterocycles. The lowest BCUT2D eigenvalue weighted by Gasteiger charge is -2.16. The number of halogens is 3. The van der Waals surface area contributed by atoms with Crippen molar-refractivity contribution in [2.24, 2.45) is 0 Å².